The molecule has 1 aromatic carbocycles. The van der Waals surface area contributed by atoms with Gasteiger partial charge in [0.15, 0.2) is 0 Å². The summed E-state index contributed by atoms with van der Waals surface area (Å²) in [4.78, 5) is 10.8. The molecule has 7 atom stereocenters. The van der Waals surface area contributed by atoms with Gasteiger partial charge in [-0.2, -0.15) is 0 Å². The summed E-state index contributed by atoms with van der Waals surface area (Å²) >= 11 is 0. The zero-order valence-corrected chi connectivity index (χ0v) is 22.6. The predicted octanol–water partition coefficient (Wildman–Crippen LogP) is 6.81. The Hall–Kier alpha value is -1.85. The van der Waals surface area contributed by atoms with Gasteiger partial charge in [-0.3, -0.25) is 9.80 Å². The lowest BCUT2D eigenvalue weighted by atomic mass is 9.68. The van der Waals surface area contributed by atoms with Gasteiger partial charge < -0.3 is 9.67 Å². The first-order chi connectivity index (χ1) is 18.1. The Labute approximate surface area is 222 Å². The normalized spacial score (nSPS) is 37.0. The van der Waals surface area contributed by atoms with Gasteiger partial charge >= 0.3 is 0 Å². The molecule has 0 radical (unpaired) electrons. The van der Waals surface area contributed by atoms with Crippen LogP contribution in [0, 0.1) is 11.8 Å². The maximum Gasteiger partial charge on any atom is 0.114 e. The van der Waals surface area contributed by atoms with E-state index in [0.717, 1.165) is 55.0 Å². The van der Waals surface area contributed by atoms with Crippen molar-refractivity contribution in [1.82, 2.24) is 19.4 Å². The van der Waals surface area contributed by atoms with Gasteiger partial charge in [-0.05, 0) is 88.3 Å². The molecule has 2 aliphatic carbocycles. The van der Waals surface area contributed by atoms with E-state index in [-0.39, 0.29) is 5.76 Å². The van der Waals surface area contributed by atoms with Crippen molar-refractivity contribution in [2.24, 2.45) is 11.8 Å². The number of para-hydroxylation sites is 2. The fraction of sp³-hybridized carbons (Fsp3) is 0.719. The molecule has 0 spiro atoms. The van der Waals surface area contributed by atoms with E-state index in [4.69, 9.17) is 4.98 Å². The van der Waals surface area contributed by atoms with E-state index in [1.165, 1.54) is 88.4 Å². The van der Waals surface area contributed by atoms with Gasteiger partial charge in [0.05, 0.1) is 23.3 Å². The van der Waals surface area contributed by atoms with E-state index in [1.807, 2.05) is 0 Å². The zero-order valence-electron chi connectivity index (χ0n) is 22.6. The third-order valence-corrected chi connectivity index (χ3v) is 10.8. The lowest BCUT2D eigenvalue weighted by molar-refractivity contribution is -0.0487. The molecule has 2 saturated carbocycles. The first-order valence-corrected chi connectivity index (χ1v) is 15.5. The minimum Gasteiger partial charge on any atom is -0.512 e. The van der Waals surface area contributed by atoms with Crippen LogP contribution in [0.2, 0.25) is 0 Å². The van der Waals surface area contributed by atoms with Crippen LogP contribution in [0.4, 0.5) is 0 Å². The van der Waals surface area contributed by atoms with Crippen molar-refractivity contribution >= 4 is 11.0 Å². The van der Waals surface area contributed by atoms with Crippen LogP contribution in [-0.2, 0) is 0 Å². The molecule has 5 fully saturated rings. The molecule has 2 unspecified atom stereocenters. The Morgan fingerprint density at radius 1 is 0.838 bits per heavy atom. The monoisotopic (exact) mass is 502 g/mol. The van der Waals surface area contributed by atoms with Crippen molar-refractivity contribution in [3.8, 4) is 0 Å². The number of aromatic nitrogens is 2. The van der Waals surface area contributed by atoms with E-state index in [0.29, 0.717) is 18.5 Å². The second kappa shape index (κ2) is 10.0. The van der Waals surface area contributed by atoms with Gasteiger partial charge in [0.25, 0.3) is 0 Å². The number of hydrogen-bond donors (Lipinski definition) is 1. The van der Waals surface area contributed by atoms with Crippen LogP contribution in [0.25, 0.3) is 11.0 Å². The third kappa shape index (κ3) is 4.65. The smallest absolute Gasteiger partial charge is 0.114 e. The summed E-state index contributed by atoms with van der Waals surface area (Å²) < 4.78 is 2.70. The van der Waals surface area contributed by atoms with E-state index in [9.17, 15) is 5.11 Å². The first kappa shape index (κ1) is 24.2. The van der Waals surface area contributed by atoms with Crippen molar-refractivity contribution in [3.63, 3.8) is 0 Å². The van der Waals surface area contributed by atoms with Gasteiger partial charge in [0.1, 0.15) is 5.82 Å². The highest BCUT2D eigenvalue weighted by Crippen LogP contribution is 2.48. The fourth-order valence-corrected chi connectivity index (χ4v) is 9.54. The summed E-state index contributed by atoms with van der Waals surface area (Å²) in [5.41, 5.74) is 2.50. The molecule has 37 heavy (non-hydrogen) atoms. The van der Waals surface area contributed by atoms with Crippen molar-refractivity contribution in [3.05, 3.63) is 42.4 Å². The SMILES string of the molecule is C=C(O)CN1CCC[C@@H](c2nc3ccccc3n2C2C[C@H]3CCC[C@@H](C2)N3C2C[C@H]3CCC[C@@H](C2)C3)C1. The summed E-state index contributed by atoms with van der Waals surface area (Å²) in [5, 5.41) is 9.85. The predicted molar refractivity (Wildman–Crippen MR) is 150 cm³/mol. The van der Waals surface area contributed by atoms with Crippen molar-refractivity contribution < 1.29 is 5.11 Å². The van der Waals surface area contributed by atoms with E-state index in [1.54, 1.807) is 0 Å². The van der Waals surface area contributed by atoms with Gasteiger partial charge in [0.2, 0.25) is 0 Å². The van der Waals surface area contributed by atoms with E-state index in [2.05, 4.69) is 45.2 Å². The molecular formula is C32H46N4O. The average Bonchev–Trinajstić information content (AvgIpc) is 3.27. The molecule has 0 amide bonds. The van der Waals surface area contributed by atoms with Crippen LogP contribution in [0.1, 0.15) is 101 Å². The maximum atomic E-state index is 9.85. The number of aliphatic hydroxyl groups is 1. The van der Waals surface area contributed by atoms with Crippen LogP contribution in [-0.4, -0.2) is 62.2 Å². The number of likely N-dealkylation sites (tertiary alicyclic amines) is 1. The summed E-state index contributed by atoms with van der Waals surface area (Å²) in [5.74, 6) is 4.02. The molecule has 4 heterocycles. The van der Waals surface area contributed by atoms with Gasteiger partial charge in [-0.25, -0.2) is 4.98 Å². The number of hydrogen-bond acceptors (Lipinski definition) is 4. The summed E-state index contributed by atoms with van der Waals surface area (Å²) in [7, 11) is 0. The number of nitrogens with zero attached hydrogens (tertiary/aromatic N) is 4. The molecule has 1 aromatic heterocycles. The molecule has 7 rings (SSSR count). The Bertz CT molecular complexity index is 1100. The van der Waals surface area contributed by atoms with Crippen molar-refractivity contribution in [1.29, 1.82) is 0 Å². The molecule has 1 N–H and O–H groups in total. The molecule has 5 aliphatic rings. The Morgan fingerprint density at radius 3 is 2.32 bits per heavy atom. The number of piperidine rings is 3. The fourth-order valence-electron chi connectivity index (χ4n) is 9.54. The molecule has 2 aromatic rings. The second-order valence-electron chi connectivity index (χ2n) is 13.3. The lowest BCUT2D eigenvalue weighted by Crippen LogP contribution is -2.58. The summed E-state index contributed by atoms with van der Waals surface area (Å²) in [6, 6.07) is 11.8. The number of benzene rings is 1. The van der Waals surface area contributed by atoms with Crippen LogP contribution >= 0.6 is 0 Å². The number of aliphatic hydroxyl groups excluding tert-OH is 1. The summed E-state index contributed by atoms with van der Waals surface area (Å²) in [6.07, 6.45) is 18.1. The minimum atomic E-state index is 0.279. The molecular weight excluding hydrogens is 456 g/mol. The highest BCUT2D eigenvalue weighted by molar-refractivity contribution is 5.76. The Balaban J connectivity index is 1.18. The molecule has 4 bridgehead atoms. The van der Waals surface area contributed by atoms with Gasteiger partial charge in [-0.15, -0.1) is 0 Å². The largest absolute Gasteiger partial charge is 0.512 e. The van der Waals surface area contributed by atoms with E-state index >= 15 is 0 Å². The number of imidazole rings is 1. The Morgan fingerprint density at radius 2 is 1.57 bits per heavy atom. The quantitative estimate of drug-likeness (QED) is 0.456. The summed E-state index contributed by atoms with van der Waals surface area (Å²) in [6.45, 7) is 6.36. The molecule has 5 heteroatoms. The maximum absolute atomic E-state index is 9.85. The highest BCUT2D eigenvalue weighted by atomic mass is 16.3. The second-order valence-corrected chi connectivity index (χ2v) is 13.3. The number of rotatable bonds is 5. The van der Waals surface area contributed by atoms with Crippen LogP contribution < -0.4 is 0 Å². The third-order valence-electron chi connectivity index (χ3n) is 10.8. The van der Waals surface area contributed by atoms with Crippen LogP contribution in [0.15, 0.2) is 36.6 Å². The first-order valence-electron chi connectivity index (χ1n) is 15.5. The standard InChI is InChI=1S/C32H46N4O/c1-22(37)20-34-14-6-9-25(21-34)32-33-30-12-2-3-13-31(30)36(32)29-18-26-10-5-11-27(19-29)35(26)28-16-23-7-4-8-24(15-23)17-28/h2-3,12-13,23-29,37H,1,4-11,14-21H2/t23-,24+,25-,26-,27+,28?,29?/m1/s1. The lowest BCUT2D eigenvalue weighted by Gasteiger charge is -2.55. The highest BCUT2D eigenvalue weighted by Gasteiger charge is 2.45. The molecule has 200 valence electrons. The number of fused-ring (bicyclic) bond motifs is 5. The van der Waals surface area contributed by atoms with Crippen molar-refractivity contribution in [2.75, 3.05) is 19.6 Å². The van der Waals surface area contributed by atoms with E-state index < -0.39 is 0 Å². The molecule has 3 saturated heterocycles. The Kier molecular flexibility index (Phi) is 6.57. The van der Waals surface area contributed by atoms with Crippen LogP contribution in [0.3, 0.4) is 0 Å². The average molecular weight is 503 g/mol. The molecule has 5 nitrogen and oxygen atoms in total. The topological polar surface area (TPSA) is 44.5 Å². The van der Waals surface area contributed by atoms with Crippen LogP contribution in [0.5, 0.6) is 0 Å². The molecule has 3 aliphatic heterocycles. The zero-order chi connectivity index (χ0) is 24.9. The van der Waals surface area contributed by atoms with Gasteiger partial charge in [0, 0.05) is 36.6 Å². The van der Waals surface area contributed by atoms with Gasteiger partial charge in [-0.1, -0.05) is 44.4 Å². The van der Waals surface area contributed by atoms with Crippen molar-refractivity contribution in [2.45, 2.75) is 114 Å². The minimum absolute atomic E-state index is 0.279.